The Labute approximate surface area is 140 Å². The van der Waals surface area contributed by atoms with Crippen LogP contribution in [0.25, 0.3) is 11.0 Å². The zero-order valence-corrected chi connectivity index (χ0v) is 13.7. The van der Waals surface area contributed by atoms with Crippen LogP contribution in [0.15, 0.2) is 46.9 Å². The number of nitrogens with one attached hydrogen (secondary N) is 3. The number of aromatic amines is 1. The summed E-state index contributed by atoms with van der Waals surface area (Å²) in [4.78, 5) is 31.9. The van der Waals surface area contributed by atoms with Gasteiger partial charge in [-0.2, -0.15) is 0 Å². The number of benzene rings is 1. The van der Waals surface area contributed by atoms with E-state index in [-0.39, 0.29) is 11.7 Å². The summed E-state index contributed by atoms with van der Waals surface area (Å²) in [6.45, 7) is 0.410. The van der Waals surface area contributed by atoms with E-state index in [0.717, 1.165) is 15.9 Å². The highest BCUT2D eigenvalue weighted by atomic mass is 32.2. The predicted octanol–water partition coefficient (Wildman–Crippen LogP) is 2.74. The van der Waals surface area contributed by atoms with Crippen molar-refractivity contribution in [2.75, 3.05) is 5.75 Å². The smallest absolute Gasteiger partial charge is 0.321 e. The third kappa shape index (κ3) is 4.33. The molecule has 0 bridgehead atoms. The molecule has 0 saturated heterocycles. The lowest BCUT2D eigenvalue weighted by Gasteiger charge is -2.04. The fourth-order valence-electron chi connectivity index (χ4n) is 1.92. The van der Waals surface area contributed by atoms with Crippen LogP contribution in [0.2, 0.25) is 0 Å². The summed E-state index contributed by atoms with van der Waals surface area (Å²) in [6, 6.07) is 11.0. The number of para-hydroxylation sites is 2. The van der Waals surface area contributed by atoms with Crippen molar-refractivity contribution in [2.24, 2.45) is 0 Å². The van der Waals surface area contributed by atoms with Crippen LogP contribution < -0.4 is 10.6 Å². The quantitative estimate of drug-likeness (QED) is 0.620. The molecule has 3 rings (SSSR count). The molecule has 0 unspecified atom stereocenters. The first-order valence-electron chi connectivity index (χ1n) is 6.88. The highest BCUT2D eigenvalue weighted by molar-refractivity contribution is 7.99. The van der Waals surface area contributed by atoms with Crippen LogP contribution in [-0.4, -0.2) is 27.7 Å². The lowest BCUT2D eigenvalue weighted by Crippen LogP contribution is -2.39. The molecule has 0 aliphatic heterocycles. The SMILES string of the molecule is O=C(CSc1nc2ccccc2[nH]1)NC(=O)NCc1cccs1. The fourth-order valence-corrected chi connectivity index (χ4v) is 3.25. The molecule has 0 aliphatic rings. The molecule has 3 aromatic rings. The van der Waals surface area contributed by atoms with Crippen LogP contribution in [0.3, 0.4) is 0 Å². The zero-order chi connectivity index (χ0) is 16.1. The molecule has 0 saturated carbocycles. The van der Waals surface area contributed by atoms with Gasteiger partial charge in [-0.1, -0.05) is 30.0 Å². The van der Waals surface area contributed by atoms with Crippen molar-refractivity contribution in [3.8, 4) is 0 Å². The minimum atomic E-state index is -0.492. The first kappa shape index (κ1) is 15.6. The maximum atomic E-state index is 11.8. The van der Waals surface area contributed by atoms with E-state index < -0.39 is 6.03 Å². The zero-order valence-electron chi connectivity index (χ0n) is 12.0. The van der Waals surface area contributed by atoms with Gasteiger partial charge in [0.2, 0.25) is 5.91 Å². The Hall–Kier alpha value is -2.32. The number of fused-ring (bicyclic) bond motifs is 1. The lowest BCUT2D eigenvalue weighted by atomic mass is 10.3. The summed E-state index contributed by atoms with van der Waals surface area (Å²) in [5.74, 6) is -0.245. The molecule has 8 heteroatoms. The van der Waals surface area contributed by atoms with Gasteiger partial charge in [-0.15, -0.1) is 11.3 Å². The number of rotatable bonds is 5. The monoisotopic (exact) mass is 346 g/mol. The molecular formula is C15H14N4O2S2. The molecule has 23 heavy (non-hydrogen) atoms. The van der Waals surface area contributed by atoms with Gasteiger partial charge in [0.15, 0.2) is 5.16 Å². The van der Waals surface area contributed by atoms with Gasteiger partial charge in [-0.05, 0) is 23.6 Å². The normalized spacial score (nSPS) is 10.6. The Balaban J connectivity index is 1.44. The van der Waals surface area contributed by atoms with Gasteiger partial charge in [-0.3, -0.25) is 10.1 Å². The van der Waals surface area contributed by atoms with Gasteiger partial charge in [-0.25, -0.2) is 9.78 Å². The number of carbonyl (C=O) groups excluding carboxylic acids is 2. The molecule has 6 nitrogen and oxygen atoms in total. The van der Waals surface area contributed by atoms with Crippen molar-refractivity contribution >= 4 is 46.1 Å². The molecule has 2 heterocycles. The standard InChI is InChI=1S/C15H14N4O2S2/c20-13(19-14(21)16-8-10-4-3-7-22-10)9-23-15-17-11-5-1-2-6-12(11)18-15/h1-7H,8-9H2,(H,17,18)(H2,16,19,20,21). The molecule has 3 amide bonds. The summed E-state index contributed by atoms with van der Waals surface area (Å²) >= 11 is 2.80. The molecule has 1 aromatic carbocycles. The minimum absolute atomic E-state index is 0.117. The second kappa shape index (κ2) is 7.30. The third-order valence-corrected chi connectivity index (χ3v) is 4.71. The van der Waals surface area contributed by atoms with Crippen molar-refractivity contribution in [2.45, 2.75) is 11.7 Å². The number of urea groups is 1. The van der Waals surface area contributed by atoms with Crippen LogP contribution in [0.4, 0.5) is 4.79 Å². The molecule has 0 atom stereocenters. The second-order valence-corrected chi connectivity index (χ2v) is 6.65. The highest BCUT2D eigenvalue weighted by Crippen LogP contribution is 2.18. The topological polar surface area (TPSA) is 86.9 Å². The minimum Gasteiger partial charge on any atom is -0.333 e. The predicted molar refractivity (Wildman–Crippen MR) is 91.5 cm³/mol. The Morgan fingerprint density at radius 3 is 2.87 bits per heavy atom. The van der Waals surface area contributed by atoms with Gasteiger partial charge in [0.1, 0.15) is 0 Å². The first-order valence-corrected chi connectivity index (χ1v) is 8.75. The average molecular weight is 346 g/mol. The number of hydrogen-bond donors (Lipinski definition) is 3. The van der Waals surface area contributed by atoms with Gasteiger partial charge < -0.3 is 10.3 Å². The summed E-state index contributed by atoms with van der Waals surface area (Å²) in [5, 5.41) is 7.53. The summed E-state index contributed by atoms with van der Waals surface area (Å²) < 4.78 is 0. The van der Waals surface area contributed by atoms with Gasteiger partial charge in [0, 0.05) is 4.88 Å². The molecule has 3 N–H and O–H groups in total. The Morgan fingerprint density at radius 1 is 1.22 bits per heavy atom. The number of H-pyrrole nitrogens is 1. The van der Waals surface area contributed by atoms with E-state index in [4.69, 9.17) is 0 Å². The number of aromatic nitrogens is 2. The van der Waals surface area contributed by atoms with E-state index in [9.17, 15) is 9.59 Å². The third-order valence-electron chi connectivity index (χ3n) is 2.96. The molecule has 2 aromatic heterocycles. The number of carbonyl (C=O) groups is 2. The number of nitrogens with zero attached hydrogens (tertiary/aromatic N) is 1. The molecule has 0 spiro atoms. The first-order chi connectivity index (χ1) is 11.2. The summed E-state index contributed by atoms with van der Waals surface area (Å²) in [7, 11) is 0. The highest BCUT2D eigenvalue weighted by Gasteiger charge is 2.10. The Kier molecular flexibility index (Phi) is 4.94. The number of thiophene rings is 1. The van der Waals surface area contributed by atoms with Crippen LogP contribution in [-0.2, 0) is 11.3 Å². The van der Waals surface area contributed by atoms with Crippen molar-refractivity contribution in [1.29, 1.82) is 0 Å². The average Bonchev–Trinajstić information content (AvgIpc) is 3.19. The summed E-state index contributed by atoms with van der Waals surface area (Å²) in [6.07, 6.45) is 0. The van der Waals surface area contributed by atoms with Crippen LogP contribution in [0.1, 0.15) is 4.88 Å². The second-order valence-electron chi connectivity index (χ2n) is 4.66. The molecular weight excluding hydrogens is 332 g/mol. The van der Waals surface area contributed by atoms with Crippen molar-refractivity contribution < 1.29 is 9.59 Å². The Morgan fingerprint density at radius 2 is 2.09 bits per heavy atom. The number of hydrogen-bond acceptors (Lipinski definition) is 5. The van der Waals surface area contributed by atoms with Crippen molar-refractivity contribution in [3.05, 3.63) is 46.7 Å². The van der Waals surface area contributed by atoms with Crippen LogP contribution >= 0.6 is 23.1 Å². The maximum absolute atomic E-state index is 11.8. The molecule has 0 aliphatic carbocycles. The molecule has 0 radical (unpaired) electrons. The van der Waals surface area contributed by atoms with E-state index >= 15 is 0 Å². The van der Waals surface area contributed by atoms with Gasteiger partial charge >= 0.3 is 6.03 Å². The Bertz CT molecular complexity index is 781. The van der Waals surface area contributed by atoms with E-state index in [1.54, 1.807) is 11.3 Å². The fraction of sp³-hybridized carbons (Fsp3) is 0.133. The maximum Gasteiger partial charge on any atom is 0.321 e. The molecule has 118 valence electrons. The number of imidazole rings is 1. The van der Waals surface area contributed by atoms with Gasteiger partial charge in [0.25, 0.3) is 0 Å². The van der Waals surface area contributed by atoms with E-state index in [1.165, 1.54) is 11.8 Å². The van der Waals surface area contributed by atoms with E-state index in [1.807, 2.05) is 41.8 Å². The van der Waals surface area contributed by atoms with E-state index in [2.05, 4.69) is 20.6 Å². The van der Waals surface area contributed by atoms with Crippen LogP contribution in [0, 0.1) is 0 Å². The molecule has 0 fully saturated rings. The number of thioether (sulfide) groups is 1. The largest absolute Gasteiger partial charge is 0.333 e. The van der Waals surface area contributed by atoms with Gasteiger partial charge in [0.05, 0.1) is 23.3 Å². The van der Waals surface area contributed by atoms with Crippen molar-refractivity contribution in [1.82, 2.24) is 20.6 Å². The summed E-state index contributed by atoms with van der Waals surface area (Å²) in [5.41, 5.74) is 1.77. The van der Waals surface area contributed by atoms with Crippen molar-refractivity contribution in [3.63, 3.8) is 0 Å². The number of amides is 3. The van der Waals surface area contributed by atoms with E-state index in [0.29, 0.717) is 11.7 Å². The van der Waals surface area contributed by atoms with Crippen LogP contribution in [0.5, 0.6) is 0 Å². The number of imide groups is 1. The lowest BCUT2D eigenvalue weighted by molar-refractivity contribution is -0.117.